The molecule has 0 fully saturated rings. The summed E-state index contributed by atoms with van der Waals surface area (Å²) in [5, 5.41) is 2.61. The Labute approximate surface area is 103 Å². The summed E-state index contributed by atoms with van der Waals surface area (Å²) in [6, 6.07) is 5.66. The van der Waals surface area contributed by atoms with Crippen LogP contribution < -0.4 is 10.1 Å². The van der Waals surface area contributed by atoms with Crippen LogP contribution in [-0.2, 0) is 0 Å². The van der Waals surface area contributed by atoms with E-state index in [1.807, 2.05) is 0 Å². The van der Waals surface area contributed by atoms with Crippen molar-refractivity contribution >= 4 is 11.6 Å². The van der Waals surface area contributed by atoms with Gasteiger partial charge in [-0.1, -0.05) is 0 Å². The van der Waals surface area contributed by atoms with E-state index in [4.69, 9.17) is 4.74 Å². The molecule has 0 aliphatic rings. The summed E-state index contributed by atoms with van der Waals surface area (Å²) in [6.45, 7) is 0. The van der Waals surface area contributed by atoms with Crippen LogP contribution in [0.1, 0.15) is 10.4 Å². The Balaban J connectivity index is 2.16. The fourth-order valence-electron chi connectivity index (χ4n) is 1.35. The first kappa shape index (κ1) is 12.0. The third-order valence-corrected chi connectivity index (χ3v) is 2.19. The summed E-state index contributed by atoms with van der Waals surface area (Å²) in [5.41, 5.74) is 0.711. The van der Waals surface area contributed by atoms with Gasteiger partial charge in [-0.15, -0.1) is 0 Å². The lowest BCUT2D eigenvalue weighted by Gasteiger charge is -2.06. The van der Waals surface area contributed by atoms with Crippen molar-refractivity contribution in [1.29, 1.82) is 0 Å². The maximum atomic E-state index is 12.9. The molecule has 2 aromatic heterocycles. The number of aromatic nitrogens is 2. The van der Waals surface area contributed by atoms with Crippen molar-refractivity contribution in [1.82, 2.24) is 9.97 Å². The average Bonchev–Trinajstić information content (AvgIpc) is 2.39. The normalized spacial score (nSPS) is 9.89. The van der Waals surface area contributed by atoms with Gasteiger partial charge in [0, 0.05) is 35.8 Å². The highest BCUT2D eigenvalue weighted by Gasteiger charge is 2.08. The van der Waals surface area contributed by atoms with Crippen LogP contribution in [-0.4, -0.2) is 23.0 Å². The zero-order valence-corrected chi connectivity index (χ0v) is 9.55. The number of hydrogen-bond acceptors (Lipinski definition) is 4. The molecular weight excluding hydrogens is 237 g/mol. The second kappa shape index (κ2) is 5.22. The summed E-state index contributed by atoms with van der Waals surface area (Å²) in [5.74, 6) is -0.742. The van der Waals surface area contributed by atoms with Crippen LogP contribution in [0.5, 0.6) is 5.88 Å². The van der Waals surface area contributed by atoms with Gasteiger partial charge in [0.25, 0.3) is 5.91 Å². The van der Waals surface area contributed by atoms with E-state index in [1.165, 1.54) is 25.6 Å². The van der Waals surface area contributed by atoms with Crippen LogP contribution in [0, 0.1) is 5.95 Å². The van der Waals surface area contributed by atoms with Crippen LogP contribution in [0.25, 0.3) is 0 Å². The van der Waals surface area contributed by atoms with E-state index in [0.717, 1.165) is 6.07 Å². The van der Waals surface area contributed by atoms with E-state index in [0.29, 0.717) is 11.6 Å². The molecule has 0 atom stereocenters. The Hall–Kier alpha value is -2.50. The molecule has 0 aliphatic carbocycles. The smallest absolute Gasteiger partial charge is 0.255 e. The van der Waals surface area contributed by atoms with Crippen molar-refractivity contribution in [2.75, 3.05) is 12.4 Å². The van der Waals surface area contributed by atoms with Gasteiger partial charge in [0.2, 0.25) is 11.8 Å². The Bertz CT molecular complexity index is 575. The molecule has 1 N–H and O–H groups in total. The monoisotopic (exact) mass is 247 g/mol. The number of carbonyl (C=O) groups is 1. The van der Waals surface area contributed by atoms with Gasteiger partial charge in [0.05, 0.1) is 7.11 Å². The Morgan fingerprint density at radius 1 is 1.28 bits per heavy atom. The predicted octanol–water partition coefficient (Wildman–Crippen LogP) is 1.88. The van der Waals surface area contributed by atoms with Crippen molar-refractivity contribution in [3.05, 3.63) is 48.2 Å². The zero-order valence-electron chi connectivity index (χ0n) is 9.55. The summed E-state index contributed by atoms with van der Waals surface area (Å²) < 4.78 is 17.8. The van der Waals surface area contributed by atoms with Crippen molar-refractivity contribution in [2.45, 2.75) is 0 Å². The van der Waals surface area contributed by atoms with Crippen LogP contribution in [0.2, 0.25) is 0 Å². The molecule has 0 spiro atoms. The van der Waals surface area contributed by atoms with Gasteiger partial charge in [0.1, 0.15) is 0 Å². The number of pyridine rings is 2. The number of methoxy groups -OCH3 is 1. The van der Waals surface area contributed by atoms with Gasteiger partial charge in [-0.25, -0.2) is 9.97 Å². The third-order valence-electron chi connectivity index (χ3n) is 2.19. The molecule has 92 valence electrons. The standard InChI is InChI=1S/C12H10FN3O2/c1-18-11-7-9(3-5-15-11)16-12(17)8-2-4-14-10(13)6-8/h2-7H,1H3,(H,15,16,17). The molecule has 5 nitrogen and oxygen atoms in total. The largest absolute Gasteiger partial charge is 0.481 e. The maximum Gasteiger partial charge on any atom is 0.255 e. The minimum absolute atomic E-state index is 0.193. The molecule has 0 aromatic carbocycles. The molecule has 0 saturated heterocycles. The van der Waals surface area contributed by atoms with Crippen molar-refractivity contribution < 1.29 is 13.9 Å². The molecular formula is C12H10FN3O2. The van der Waals surface area contributed by atoms with Gasteiger partial charge in [-0.2, -0.15) is 4.39 Å². The molecule has 2 aromatic rings. The van der Waals surface area contributed by atoms with Gasteiger partial charge in [0.15, 0.2) is 0 Å². The zero-order chi connectivity index (χ0) is 13.0. The van der Waals surface area contributed by atoms with Gasteiger partial charge < -0.3 is 10.1 Å². The minimum Gasteiger partial charge on any atom is -0.481 e. The fraction of sp³-hybridized carbons (Fsp3) is 0.0833. The number of anilines is 1. The molecule has 2 rings (SSSR count). The van der Waals surface area contributed by atoms with Crippen LogP contribution in [0.3, 0.4) is 0 Å². The second-order valence-electron chi connectivity index (χ2n) is 3.41. The highest BCUT2D eigenvalue weighted by atomic mass is 19.1. The SMILES string of the molecule is COc1cc(NC(=O)c2ccnc(F)c2)ccn1. The first-order chi connectivity index (χ1) is 8.69. The molecule has 2 heterocycles. The lowest BCUT2D eigenvalue weighted by atomic mass is 10.2. The Morgan fingerprint density at radius 3 is 2.78 bits per heavy atom. The number of carbonyl (C=O) groups excluding carboxylic acids is 1. The molecule has 6 heteroatoms. The Morgan fingerprint density at radius 2 is 2.06 bits per heavy atom. The van der Waals surface area contributed by atoms with Crippen molar-refractivity contribution in [3.63, 3.8) is 0 Å². The molecule has 0 radical (unpaired) electrons. The summed E-state index contributed by atoms with van der Waals surface area (Å²) in [6.07, 6.45) is 2.74. The number of nitrogens with one attached hydrogen (secondary N) is 1. The van der Waals surface area contributed by atoms with Crippen LogP contribution >= 0.6 is 0 Å². The first-order valence-electron chi connectivity index (χ1n) is 5.12. The summed E-state index contributed by atoms with van der Waals surface area (Å²) in [4.78, 5) is 19.1. The van der Waals surface area contributed by atoms with E-state index in [-0.39, 0.29) is 5.56 Å². The molecule has 0 saturated carbocycles. The van der Waals surface area contributed by atoms with Gasteiger partial charge >= 0.3 is 0 Å². The quantitative estimate of drug-likeness (QED) is 0.841. The molecule has 0 bridgehead atoms. The number of nitrogens with zero attached hydrogens (tertiary/aromatic N) is 2. The lowest BCUT2D eigenvalue weighted by Crippen LogP contribution is -2.12. The fourth-order valence-corrected chi connectivity index (χ4v) is 1.35. The second-order valence-corrected chi connectivity index (χ2v) is 3.41. The van der Waals surface area contributed by atoms with Crippen LogP contribution in [0.4, 0.5) is 10.1 Å². The van der Waals surface area contributed by atoms with E-state index in [1.54, 1.807) is 12.1 Å². The molecule has 0 aliphatic heterocycles. The van der Waals surface area contributed by atoms with E-state index >= 15 is 0 Å². The Kier molecular flexibility index (Phi) is 3.47. The van der Waals surface area contributed by atoms with Gasteiger partial charge in [-0.3, -0.25) is 4.79 Å². The number of rotatable bonds is 3. The van der Waals surface area contributed by atoms with Crippen molar-refractivity contribution in [3.8, 4) is 5.88 Å². The third kappa shape index (κ3) is 2.79. The number of ether oxygens (including phenoxy) is 1. The number of halogens is 1. The summed E-state index contributed by atoms with van der Waals surface area (Å²) >= 11 is 0. The maximum absolute atomic E-state index is 12.9. The van der Waals surface area contributed by atoms with E-state index in [2.05, 4.69) is 15.3 Å². The number of amides is 1. The van der Waals surface area contributed by atoms with Crippen molar-refractivity contribution in [2.24, 2.45) is 0 Å². The average molecular weight is 247 g/mol. The molecule has 1 amide bonds. The van der Waals surface area contributed by atoms with Gasteiger partial charge in [-0.05, 0) is 12.1 Å². The van der Waals surface area contributed by atoms with Crippen LogP contribution in [0.15, 0.2) is 36.7 Å². The molecule has 0 unspecified atom stereocenters. The first-order valence-corrected chi connectivity index (χ1v) is 5.12. The highest BCUT2D eigenvalue weighted by Crippen LogP contribution is 2.14. The summed E-state index contributed by atoms with van der Waals surface area (Å²) in [7, 11) is 1.48. The molecule has 18 heavy (non-hydrogen) atoms. The predicted molar refractivity (Wildman–Crippen MR) is 62.9 cm³/mol. The van der Waals surface area contributed by atoms with E-state index < -0.39 is 11.9 Å². The number of hydrogen-bond donors (Lipinski definition) is 1. The lowest BCUT2D eigenvalue weighted by molar-refractivity contribution is 0.102. The topological polar surface area (TPSA) is 64.1 Å². The minimum atomic E-state index is -0.699. The highest BCUT2D eigenvalue weighted by molar-refractivity contribution is 6.04. The van der Waals surface area contributed by atoms with E-state index in [9.17, 15) is 9.18 Å².